The second-order valence-corrected chi connectivity index (χ2v) is 4.89. The van der Waals surface area contributed by atoms with Gasteiger partial charge >= 0.3 is 0 Å². The molecule has 2 amide bonds. The molecule has 1 fully saturated rings. The molecule has 114 valence electrons. The predicted molar refractivity (Wildman–Crippen MR) is 80.3 cm³/mol. The average molecular weight is 291 g/mol. The van der Waals surface area contributed by atoms with E-state index < -0.39 is 0 Å². The van der Waals surface area contributed by atoms with Crippen LogP contribution in [0.5, 0.6) is 0 Å². The maximum absolute atomic E-state index is 12.4. The predicted octanol–water partition coefficient (Wildman–Crippen LogP) is 0.707. The lowest BCUT2D eigenvalue weighted by Gasteiger charge is -2.27. The summed E-state index contributed by atoms with van der Waals surface area (Å²) in [5, 5.41) is 5.72. The van der Waals surface area contributed by atoms with E-state index in [1.54, 1.807) is 36.2 Å². The molecule has 6 nitrogen and oxygen atoms in total. The Morgan fingerprint density at radius 1 is 1.29 bits per heavy atom. The van der Waals surface area contributed by atoms with E-state index in [1.165, 1.54) is 0 Å². The third-order valence-electron chi connectivity index (χ3n) is 3.29. The van der Waals surface area contributed by atoms with Crippen molar-refractivity contribution < 1.29 is 14.3 Å². The molecule has 2 rings (SSSR count). The van der Waals surface area contributed by atoms with Gasteiger partial charge in [0.2, 0.25) is 5.91 Å². The highest BCUT2D eigenvalue weighted by atomic mass is 16.5. The molecule has 1 aromatic rings. The van der Waals surface area contributed by atoms with Gasteiger partial charge in [-0.05, 0) is 25.2 Å². The molecule has 0 radical (unpaired) electrons. The highest BCUT2D eigenvalue weighted by Gasteiger charge is 2.18. The summed E-state index contributed by atoms with van der Waals surface area (Å²) in [6, 6.07) is 7.05. The van der Waals surface area contributed by atoms with Gasteiger partial charge in [-0.1, -0.05) is 6.07 Å². The molecule has 0 aromatic heterocycles. The summed E-state index contributed by atoms with van der Waals surface area (Å²) in [6.45, 7) is 2.99. The Morgan fingerprint density at radius 2 is 2.05 bits per heavy atom. The SMILES string of the molecule is CNCCC(=O)Nc1cccc(C(=O)N2CCOCC2)c1. The fraction of sp³-hybridized carbons (Fsp3) is 0.467. The summed E-state index contributed by atoms with van der Waals surface area (Å²) >= 11 is 0. The fourth-order valence-electron chi connectivity index (χ4n) is 2.14. The third kappa shape index (κ3) is 4.54. The molecule has 21 heavy (non-hydrogen) atoms. The number of hydrogen-bond acceptors (Lipinski definition) is 4. The van der Waals surface area contributed by atoms with Gasteiger partial charge in [0.15, 0.2) is 0 Å². The first kappa shape index (κ1) is 15.5. The van der Waals surface area contributed by atoms with Gasteiger partial charge in [-0.25, -0.2) is 0 Å². The van der Waals surface area contributed by atoms with Crippen molar-refractivity contribution in [2.75, 3.05) is 45.2 Å². The molecular weight excluding hydrogens is 270 g/mol. The first-order chi connectivity index (χ1) is 10.2. The van der Waals surface area contributed by atoms with Crippen molar-refractivity contribution in [2.24, 2.45) is 0 Å². The van der Waals surface area contributed by atoms with Crippen LogP contribution in [0.2, 0.25) is 0 Å². The zero-order valence-electron chi connectivity index (χ0n) is 12.2. The van der Waals surface area contributed by atoms with Crippen LogP contribution in [0.15, 0.2) is 24.3 Å². The number of hydrogen-bond donors (Lipinski definition) is 2. The maximum atomic E-state index is 12.4. The number of morpholine rings is 1. The number of ether oxygens (including phenoxy) is 1. The van der Waals surface area contributed by atoms with Crippen molar-refractivity contribution in [3.63, 3.8) is 0 Å². The van der Waals surface area contributed by atoms with E-state index in [4.69, 9.17) is 4.74 Å². The number of benzene rings is 1. The van der Waals surface area contributed by atoms with Gasteiger partial charge in [-0.15, -0.1) is 0 Å². The number of rotatable bonds is 5. The number of nitrogens with zero attached hydrogens (tertiary/aromatic N) is 1. The maximum Gasteiger partial charge on any atom is 0.254 e. The molecule has 1 saturated heterocycles. The van der Waals surface area contributed by atoms with E-state index in [2.05, 4.69) is 10.6 Å². The molecule has 0 bridgehead atoms. The summed E-state index contributed by atoms with van der Waals surface area (Å²) in [5.41, 5.74) is 1.23. The molecule has 2 N–H and O–H groups in total. The van der Waals surface area contributed by atoms with Gasteiger partial charge in [-0.3, -0.25) is 9.59 Å². The first-order valence-corrected chi connectivity index (χ1v) is 7.12. The van der Waals surface area contributed by atoms with E-state index in [1.807, 2.05) is 0 Å². The van der Waals surface area contributed by atoms with Crippen molar-refractivity contribution in [1.82, 2.24) is 10.2 Å². The molecule has 6 heteroatoms. The van der Waals surface area contributed by atoms with E-state index in [0.29, 0.717) is 50.5 Å². The minimum Gasteiger partial charge on any atom is -0.378 e. The van der Waals surface area contributed by atoms with E-state index in [0.717, 1.165) is 0 Å². The summed E-state index contributed by atoms with van der Waals surface area (Å²) in [6.07, 6.45) is 0.401. The van der Waals surface area contributed by atoms with Crippen LogP contribution in [0.4, 0.5) is 5.69 Å². The second kappa shape index (κ2) is 7.75. The Balaban J connectivity index is 1.99. The van der Waals surface area contributed by atoms with Crippen molar-refractivity contribution in [2.45, 2.75) is 6.42 Å². The van der Waals surface area contributed by atoms with Crippen LogP contribution in [0, 0.1) is 0 Å². The summed E-state index contributed by atoms with van der Waals surface area (Å²) < 4.78 is 5.24. The monoisotopic (exact) mass is 291 g/mol. The fourth-order valence-corrected chi connectivity index (χ4v) is 2.14. The van der Waals surface area contributed by atoms with Crippen LogP contribution in [0.1, 0.15) is 16.8 Å². The lowest BCUT2D eigenvalue weighted by atomic mass is 10.1. The van der Waals surface area contributed by atoms with Crippen molar-refractivity contribution in [3.05, 3.63) is 29.8 Å². The first-order valence-electron chi connectivity index (χ1n) is 7.12. The Kier molecular flexibility index (Phi) is 5.71. The van der Waals surface area contributed by atoms with E-state index >= 15 is 0 Å². The zero-order chi connectivity index (χ0) is 15.1. The van der Waals surface area contributed by atoms with Gasteiger partial charge < -0.3 is 20.3 Å². The van der Waals surface area contributed by atoms with Gasteiger partial charge in [0.25, 0.3) is 5.91 Å². The molecular formula is C15H21N3O3. The van der Waals surface area contributed by atoms with Crippen LogP contribution < -0.4 is 10.6 Å². The molecule has 0 atom stereocenters. The Labute approximate surface area is 124 Å². The van der Waals surface area contributed by atoms with Gasteiger partial charge in [0, 0.05) is 37.3 Å². The van der Waals surface area contributed by atoms with Gasteiger partial charge in [0.1, 0.15) is 0 Å². The standard InChI is InChI=1S/C15H21N3O3/c1-16-6-5-14(19)17-13-4-2-3-12(11-13)15(20)18-7-9-21-10-8-18/h2-4,11,16H,5-10H2,1H3,(H,17,19). The van der Waals surface area contributed by atoms with Crippen molar-refractivity contribution in [1.29, 1.82) is 0 Å². The van der Waals surface area contributed by atoms with Crippen LogP contribution in [0.25, 0.3) is 0 Å². The Morgan fingerprint density at radius 3 is 2.76 bits per heavy atom. The number of carbonyl (C=O) groups excluding carboxylic acids is 2. The minimum atomic E-state index is -0.0691. The summed E-state index contributed by atoms with van der Waals surface area (Å²) in [4.78, 5) is 25.8. The smallest absolute Gasteiger partial charge is 0.254 e. The zero-order valence-corrected chi connectivity index (χ0v) is 12.2. The minimum absolute atomic E-state index is 0.0235. The van der Waals surface area contributed by atoms with Gasteiger partial charge in [-0.2, -0.15) is 0 Å². The summed E-state index contributed by atoms with van der Waals surface area (Å²) in [7, 11) is 1.80. The van der Waals surface area contributed by atoms with Crippen LogP contribution in [-0.4, -0.2) is 56.6 Å². The third-order valence-corrected chi connectivity index (χ3v) is 3.29. The van der Waals surface area contributed by atoms with Crippen LogP contribution >= 0.6 is 0 Å². The van der Waals surface area contributed by atoms with Crippen LogP contribution in [-0.2, 0) is 9.53 Å². The quantitative estimate of drug-likeness (QED) is 0.838. The number of nitrogens with one attached hydrogen (secondary N) is 2. The molecule has 0 aliphatic carbocycles. The van der Waals surface area contributed by atoms with Gasteiger partial charge in [0.05, 0.1) is 13.2 Å². The average Bonchev–Trinajstić information content (AvgIpc) is 2.53. The molecule has 1 aliphatic rings. The number of anilines is 1. The highest BCUT2D eigenvalue weighted by Crippen LogP contribution is 2.14. The molecule has 1 heterocycles. The van der Waals surface area contributed by atoms with E-state index in [-0.39, 0.29) is 11.8 Å². The normalized spacial score (nSPS) is 14.8. The molecule has 1 aliphatic heterocycles. The largest absolute Gasteiger partial charge is 0.378 e. The molecule has 0 unspecified atom stereocenters. The molecule has 0 spiro atoms. The van der Waals surface area contributed by atoms with Crippen molar-refractivity contribution >= 4 is 17.5 Å². The lowest BCUT2D eigenvalue weighted by Crippen LogP contribution is -2.40. The Bertz CT molecular complexity index is 499. The molecule has 1 aromatic carbocycles. The number of carbonyl (C=O) groups is 2. The Hall–Kier alpha value is -1.92. The van der Waals surface area contributed by atoms with E-state index in [9.17, 15) is 9.59 Å². The topological polar surface area (TPSA) is 70.7 Å². The number of amides is 2. The highest BCUT2D eigenvalue weighted by molar-refractivity contribution is 5.97. The molecule has 0 saturated carbocycles. The summed E-state index contributed by atoms with van der Waals surface area (Å²) in [5.74, 6) is -0.0926. The second-order valence-electron chi connectivity index (χ2n) is 4.89. The van der Waals surface area contributed by atoms with Crippen LogP contribution in [0.3, 0.4) is 0 Å². The lowest BCUT2D eigenvalue weighted by molar-refractivity contribution is -0.116. The van der Waals surface area contributed by atoms with Crippen molar-refractivity contribution in [3.8, 4) is 0 Å².